The van der Waals surface area contributed by atoms with Crippen LogP contribution in [0.2, 0.25) is 0 Å². The van der Waals surface area contributed by atoms with Crippen molar-refractivity contribution in [2.45, 2.75) is 33.0 Å². The van der Waals surface area contributed by atoms with E-state index in [-0.39, 0.29) is 25.7 Å². The Labute approximate surface area is 201 Å². The van der Waals surface area contributed by atoms with E-state index in [2.05, 4.69) is 5.32 Å². The summed E-state index contributed by atoms with van der Waals surface area (Å²) in [5, 5.41) is 2.86. The Morgan fingerprint density at radius 2 is 1.51 bits per heavy atom. The van der Waals surface area contributed by atoms with Crippen LogP contribution < -0.4 is 25.9 Å². The minimum Gasteiger partial charge on any atom is -0.454 e. The van der Waals surface area contributed by atoms with Gasteiger partial charge in [0, 0.05) is 19.5 Å². The normalized spacial score (nSPS) is 12.1. The zero-order chi connectivity index (χ0) is 24.4. The number of ether oxygens (including phenoxy) is 2. The van der Waals surface area contributed by atoms with Crippen LogP contribution in [0.15, 0.2) is 76.3 Å². The van der Waals surface area contributed by atoms with E-state index in [9.17, 15) is 14.4 Å². The molecule has 1 aromatic heterocycles. The van der Waals surface area contributed by atoms with E-state index in [0.29, 0.717) is 35.6 Å². The van der Waals surface area contributed by atoms with E-state index < -0.39 is 11.1 Å². The SMILES string of the molecule is Cc1ccc(Cn2c(=O)c(=O)n(CCC(=O)NCc3ccc4c(c3)OCO4)c3ccccc32)cc1. The smallest absolute Gasteiger partial charge is 0.317 e. The molecule has 0 spiro atoms. The van der Waals surface area contributed by atoms with Crippen LogP contribution in [-0.2, 0) is 24.4 Å². The summed E-state index contributed by atoms with van der Waals surface area (Å²) in [6, 6.07) is 20.6. The molecule has 0 unspecified atom stereocenters. The van der Waals surface area contributed by atoms with Gasteiger partial charge in [0.1, 0.15) is 0 Å². The highest BCUT2D eigenvalue weighted by molar-refractivity contribution is 5.77. The molecule has 8 nitrogen and oxygen atoms in total. The van der Waals surface area contributed by atoms with E-state index in [1.807, 2.05) is 61.5 Å². The lowest BCUT2D eigenvalue weighted by Crippen LogP contribution is -2.42. The van der Waals surface area contributed by atoms with Crippen LogP contribution in [0.5, 0.6) is 11.5 Å². The van der Waals surface area contributed by atoms with E-state index in [1.165, 1.54) is 9.13 Å². The predicted molar refractivity (Wildman–Crippen MR) is 132 cm³/mol. The molecule has 1 N–H and O–H groups in total. The number of amides is 1. The first-order chi connectivity index (χ1) is 17.0. The number of para-hydroxylation sites is 2. The Hall–Kier alpha value is -4.33. The van der Waals surface area contributed by atoms with Crippen LogP contribution >= 0.6 is 0 Å². The lowest BCUT2D eigenvalue weighted by molar-refractivity contribution is -0.121. The van der Waals surface area contributed by atoms with Gasteiger partial charge in [0.2, 0.25) is 12.7 Å². The molecule has 2 heterocycles. The van der Waals surface area contributed by atoms with E-state index >= 15 is 0 Å². The number of carbonyl (C=O) groups excluding carboxylic acids is 1. The van der Waals surface area contributed by atoms with Gasteiger partial charge in [-0.25, -0.2) is 0 Å². The number of aromatic nitrogens is 2. The second kappa shape index (κ2) is 9.50. The van der Waals surface area contributed by atoms with Crippen molar-refractivity contribution in [3.63, 3.8) is 0 Å². The summed E-state index contributed by atoms with van der Waals surface area (Å²) in [4.78, 5) is 38.6. The summed E-state index contributed by atoms with van der Waals surface area (Å²) < 4.78 is 13.6. The lowest BCUT2D eigenvalue weighted by Gasteiger charge is -2.15. The Bertz CT molecular complexity index is 1520. The van der Waals surface area contributed by atoms with E-state index in [0.717, 1.165) is 16.7 Å². The molecule has 0 aliphatic carbocycles. The number of aryl methyl sites for hydroxylation is 2. The first-order valence-electron chi connectivity index (χ1n) is 11.4. The first-order valence-corrected chi connectivity index (χ1v) is 11.4. The van der Waals surface area contributed by atoms with Crippen molar-refractivity contribution in [2.75, 3.05) is 6.79 Å². The fourth-order valence-electron chi connectivity index (χ4n) is 4.18. The quantitative estimate of drug-likeness (QED) is 0.419. The number of hydrogen-bond donors (Lipinski definition) is 1. The molecule has 0 bridgehead atoms. The highest BCUT2D eigenvalue weighted by Gasteiger charge is 2.16. The minimum absolute atomic E-state index is 0.0653. The highest BCUT2D eigenvalue weighted by Crippen LogP contribution is 2.32. The highest BCUT2D eigenvalue weighted by atomic mass is 16.7. The van der Waals surface area contributed by atoms with Gasteiger partial charge >= 0.3 is 11.1 Å². The van der Waals surface area contributed by atoms with Gasteiger partial charge in [0.15, 0.2) is 11.5 Å². The Balaban J connectivity index is 1.33. The van der Waals surface area contributed by atoms with Gasteiger partial charge in [0.05, 0.1) is 17.6 Å². The monoisotopic (exact) mass is 471 g/mol. The average molecular weight is 472 g/mol. The molecule has 1 aliphatic rings. The van der Waals surface area contributed by atoms with Crippen LogP contribution in [0.1, 0.15) is 23.1 Å². The van der Waals surface area contributed by atoms with Crippen LogP contribution in [-0.4, -0.2) is 21.8 Å². The number of benzene rings is 3. The Kier molecular flexibility index (Phi) is 6.10. The van der Waals surface area contributed by atoms with Crippen molar-refractivity contribution in [3.05, 3.63) is 104 Å². The van der Waals surface area contributed by atoms with Crippen molar-refractivity contribution in [3.8, 4) is 11.5 Å². The second-order valence-electron chi connectivity index (χ2n) is 8.54. The zero-order valence-corrected chi connectivity index (χ0v) is 19.3. The number of fused-ring (bicyclic) bond motifs is 2. The van der Waals surface area contributed by atoms with Crippen molar-refractivity contribution in [2.24, 2.45) is 0 Å². The maximum atomic E-state index is 13.0. The topological polar surface area (TPSA) is 91.6 Å². The standard InChI is InChI=1S/C27H25N3O5/c1-18-6-8-19(9-7-18)16-30-22-5-3-2-4-21(22)29(26(32)27(30)33)13-12-25(31)28-15-20-10-11-23-24(14-20)35-17-34-23/h2-11,14H,12-13,15-17H2,1H3,(H,28,31). The minimum atomic E-state index is -0.639. The summed E-state index contributed by atoms with van der Waals surface area (Å²) in [5.41, 5.74) is 2.96. The zero-order valence-electron chi connectivity index (χ0n) is 19.3. The van der Waals surface area contributed by atoms with Crippen LogP contribution in [0.3, 0.4) is 0 Å². The third kappa shape index (κ3) is 4.68. The van der Waals surface area contributed by atoms with Crippen LogP contribution in [0, 0.1) is 6.92 Å². The summed E-state index contributed by atoms with van der Waals surface area (Å²) in [7, 11) is 0. The Morgan fingerprint density at radius 1 is 0.857 bits per heavy atom. The van der Waals surface area contributed by atoms with Crippen LogP contribution in [0.25, 0.3) is 11.0 Å². The number of nitrogens with zero attached hydrogens (tertiary/aromatic N) is 2. The molecule has 1 amide bonds. The van der Waals surface area contributed by atoms with Crippen molar-refractivity contribution in [1.82, 2.24) is 14.5 Å². The van der Waals surface area contributed by atoms with Gasteiger partial charge in [-0.3, -0.25) is 19.0 Å². The van der Waals surface area contributed by atoms with Crippen LogP contribution in [0.4, 0.5) is 0 Å². The summed E-state index contributed by atoms with van der Waals surface area (Å²) >= 11 is 0. The van der Waals surface area contributed by atoms with Gasteiger partial charge in [-0.1, -0.05) is 48.0 Å². The maximum absolute atomic E-state index is 13.0. The third-order valence-corrected chi connectivity index (χ3v) is 6.09. The first kappa shape index (κ1) is 22.5. The molecule has 8 heteroatoms. The molecular weight excluding hydrogens is 446 g/mol. The van der Waals surface area contributed by atoms with Gasteiger partial charge in [-0.2, -0.15) is 0 Å². The molecule has 35 heavy (non-hydrogen) atoms. The largest absolute Gasteiger partial charge is 0.454 e. The molecule has 0 saturated heterocycles. The molecule has 0 fully saturated rings. The number of nitrogens with one attached hydrogen (secondary N) is 1. The number of carbonyl (C=O) groups is 1. The predicted octanol–water partition coefficient (Wildman–Crippen LogP) is 2.96. The molecule has 0 atom stereocenters. The molecule has 3 aromatic carbocycles. The van der Waals surface area contributed by atoms with Gasteiger partial charge in [0.25, 0.3) is 0 Å². The molecular formula is C27H25N3O5. The maximum Gasteiger partial charge on any atom is 0.317 e. The lowest BCUT2D eigenvalue weighted by atomic mass is 10.1. The number of hydrogen-bond acceptors (Lipinski definition) is 5. The number of rotatable bonds is 7. The molecule has 0 radical (unpaired) electrons. The van der Waals surface area contributed by atoms with E-state index in [4.69, 9.17) is 9.47 Å². The van der Waals surface area contributed by atoms with Gasteiger partial charge in [-0.15, -0.1) is 0 Å². The average Bonchev–Trinajstić information content (AvgIpc) is 3.34. The van der Waals surface area contributed by atoms with Crippen molar-refractivity contribution in [1.29, 1.82) is 0 Å². The third-order valence-electron chi connectivity index (χ3n) is 6.09. The van der Waals surface area contributed by atoms with Gasteiger partial charge < -0.3 is 19.4 Å². The summed E-state index contributed by atoms with van der Waals surface area (Å²) in [6.45, 7) is 2.91. The Morgan fingerprint density at radius 3 is 2.29 bits per heavy atom. The molecule has 5 rings (SSSR count). The summed E-state index contributed by atoms with van der Waals surface area (Å²) in [6.07, 6.45) is 0.0653. The molecule has 0 saturated carbocycles. The van der Waals surface area contributed by atoms with Gasteiger partial charge in [-0.05, 0) is 42.3 Å². The fourth-order valence-corrected chi connectivity index (χ4v) is 4.18. The van der Waals surface area contributed by atoms with Crippen molar-refractivity contribution >= 4 is 16.9 Å². The van der Waals surface area contributed by atoms with Crippen molar-refractivity contribution < 1.29 is 14.3 Å². The second-order valence-corrected chi connectivity index (χ2v) is 8.54. The molecule has 1 aliphatic heterocycles. The molecule has 4 aromatic rings. The fraction of sp³-hybridized carbons (Fsp3) is 0.222. The van der Waals surface area contributed by atoms with E-state index in [1.54, 1.807) is 12.1 Å². The molecule has 178 valence electrons. The summed E-state index contributed by atoms with van der Waals surface area (Å²) in [5.74, 6) is 1.12.